The van der Waals surface area contributed by atoms with Gasteiger partial charge in [0.1, 0.15) is 36.3 Å². The Morgan fingerprint density at radius 1 is 0.974 bits per heavy atom. The smallest absolute Gasteiger partial charge is 0.302 e. The van der Waals surface area contributed by atoms with Crippen molar-refractivity contribution in [3.8, 4) is 17.2 Å². The summed E-state index contributed by atoms with van der Waals surface area (Å²) in [6.07, 6.45) is -6.20. The molecular weight excluding hydrogens is 500 g/mol. The summed E-state index contributed by atoms with van der Waals surface area (Å²) in [6.45, 7) is 0.991. The third-order valence-electron chi connectivity index (χ3n) is 6.81. The topological polar surface area (TPSA) is 164 Å². The standard InChI is InChI=1S/C27H34O11/c1-14(30)35-9-3-4-15-5-7-19-17(10-15)18(12-28)26(36-19)16-6-8-20(21(11-16)34-2)37-27-25(33)24(32)23(31)22(13-29)38-27/h5-8,10-11,18,22-29,31-33H,3-4,9,12-13H2,1-2H3/t18-,22-,23-,24+,25-,26+,27-/m1/s1. The highest BCUT2D eigenvalue weighted by molar-refractivity contribution is 5.65. The van der Waals surface area contributed by atoms with E-state index in [1.165, 1.54) is 14.0 Å². The van der Waals surface area contributed by atoms with Gasteiger partial charge in [0.2, 0.25) is 6.29 Å². The molecule has 4 rings (SSSR count). The molecule has 0 spiro atoms. The Balaban J connectivity index is 1.49. The molecule has 1 saturated heterocycles. The third kappa shape index (κ3) is 5.88. The van der Waals surface area contributed by atoms with Gasteiger partial charge in [-0.3, -0.25) is 4.79 Å². The van der Waals surface area contributed by atoms with Crippen LogP contribution in [-0.4, -0.2) is 89.1 Å². The quantitative estimate of drug-likeness (QED) is 0.214. The fraction of sp³-hybridized carbons (Fsp3) is 0.519. The van der Waals surface area contributed by atoms with Crippen molar-refractivity contribution < 1.29 is 54.0 Å². The molecule has 0 amide bonds. The normalized spacial score (nSPS) is 28.3. The Kier molecular flexibility index (Phi) is 9.08. The number of hydrogen-bond donors (Lipinski definition) is 5. The predicted molar refractivity (Wildman–Crippen MR) is 132 cm³/mol. The lowest BCUT2D eigenvalue weighted by molar-refractivity contribution is -0.277. The van der Waals surface area contributed by atoms with Crippen molar-refractivity contribution in [1.82, 2.24) is 0 Å². The van der Waals surface area contributed by atoms with Gasteiger partial charge in [-0.2, -0.15) is 0 Å². The molecule has 0 saturated carbocycles. The number of aryl methyl sites for hydroxylation is 1. The summed E-state index contributed by atoms with van der Waals surface area (Å²) < 4.78 is 27.8. The fourth-order valence-electron chi connectivity index (χ4n) is 4.77. The molecule has 208 valence electrons. The van der Waals surface area contributed by atoms with E-state index in [0.29, 0.717) is 30.9 Å². The van der Waals surface area contributed by atoms with E-state index < -0.39 is 43.4 Å². The van der Waals surface area contributed by atoms with Crippen LogP contribution in [0.3, 0.4) is 0 Å². The van der Waals surface area contributed by atoms with Crippen LogP contribution >= 0.6 is 0 Å². The Morgan fingerprint density at radius 3 is 2.45 bits per heavy atom. The number of methoxy groups -OCH3 is 1. The van der Waals surface area contributed by atoms with Crippen LogP contribution < -0.4 is 14.2 Å². The maximum Gasteiger partial charge on any atom is 0.302 e. The van der Waals surface area contributed by atoms with Crippen molar-refractivity contribution in [3.63, 3.8) is 0 Å². The zero-order valence-corrected chi connectivity index (χ0v) is 21.2. The fourth-order valence-corrected chi connectivity index (χ4v) is 4.77. The number of aliphatic hydroxyl groups is 5. The third-order valence-corrected chi connectivity index (χ3v) is 6.81. The van der Waals surface area contributed by atoms with E-state index in [0.717, 1.165) is 16.7 Å². The van der Waals surface area contributed by atoms with Crippen LogP contribution in [0.1, 0.15) is 42.1 Å². The van der Waals surface area contributed by atoms with Gasteiger partial charge >= 0.3 is 5.97 Å². The maximum atomic E-state index is 11.0. The molecule has 38 heavy (non-hydrogen) atoms. The van der Waals surface area contributed by atoms with Crippen LogP contribution in [-0.2, 0) is 20.7 Å². The van der Waals surface area contributed by atoms with E-state index in [-0.39, 0.29) is 24.2 Å². The molecule has 2 aromatic carbocycles. The minimum absolute atomic E-state index is 0.153. The molecule has 2 aromatic rings. The second-order valence-corrected chi connectivity index (χ2v) is 9.37. The lowest BCUT2D eigenvalue weighted by Crippen LogP contribution is -2.60. The number of fused-ring (bicyclic) bond motifs is 1. The minimum Gasteiger partial charge on any atom is -0.493 e. The molecule has 5 N–H and O–H groups in total. The Morgan fingerprint density at radius 2 is 1.76 bits per heavy atom. The first kappa shape index (κ1) is 28.1. The van der Waals surface area contributed by atoms with Gasteiger partial charge in [-0.1, -0.05) is 18.2 Å². The highest BCUT2D eigenvalue weighted by Gasteiger charge is 2.45. The van der Waals surface area contributed by atoms with Gasteiger partial charge in [0.25, 0.3) is 0 Å². The van der Waals surface area contributed by atoms with Crippen LogP contribution in [0.25, 0.3) is 0 Å². The number of ether oxygens (including phenoxy) is 5. The van der Waals surface area contributed by atoms with Gasteiger partial charge in [-0.15, -0.1) is 0 Å². The van der Waals surface area contributed by atoms with Crippen molar-refractivity contribution in [2.75, 3.05) is 26.9 Å². The maximum absolute atomic E-state index is 11.0. The summed E-state index contributed by atoms with van der Waals surface area (Å²) in [7, 11) is 1.44. The number of carbonyl (C=O) groups is 1. The van der Waals surface area contributed by atoms with Crippen molar-refractivity contribution in [1.29, 1.82) is 0 Å². The Hall–Kier alpha value is -2.93. The van der Waals surface area contributed by atoms with E-state index in [1.807, 2.05) is 18.2 Å². The summed E-state index contributed by atoms with van der Waals surface area (Å²) in [6, 6.07) is 10.8. The second-order valence-electron chi connectivity index (χ2n) is 9.37. The number of carbonyl (C=O) groups excluding carboxylic acids is 1. The molecule has 11 nitrogen and oxygen atoms in total. The van der Waals surface area contributed by atoms with Gasteiger partial charge < -0.3 is 49.2 Å². The van der Waals surface area contributed by atoms with E-state index in [1.54, 1.807) is 18.2 Å². The number of aliphatic hydroxyl groups excluding tert-OH is 5. The van der Waals surface area contributed by atoms with Crippen LogP contribution in [0.15, 0.2) is 36.4 Å². The molecular formula is C27H34O11. The average Bonchev–Trinajstić information content (AvgIpc) is 3.29. The number of benzene rings is 2. The number of hydrogen-bond acceptors (Lipinski definition) is 11. The lowest BCUT2D eigenvalue weighted by Gasteiger charge is -2.39. The first-order chi connectivity index (χ1) is 18.3. The van der Waals surface area contributed by atoms with Crippen LogP contribution in [0.5, 0.6) is 17.2 Å². The molecule has 7 atom stereocenters. The Labute approximate surface area is 220 Å². The van der Waals surface area contributed by atoms with Crippen molar-refractivity contribution in [2.24, 2.45) is 0 Å². The lowest BCUT2D eigenvalue weighted by atomic mass is 9.90. The second kappa shape index (κ2) is 12.3. The molecule has 11 heteroatoms. The summed E-state index contributed by atoms with van der Waals surface area (Å²) in [5.41, 5.74) is 2.64. The molecule has 0 aliphatic carbocycles. The summed E-state index contributed by atoms with van der Waals surface area (Å²) in [5.74, 6) is 0.517. The van der Waals surface area contributed by atoms with Gasteiger partial charge in [0, 0.05) is 12.5 Å². The van der Waals surface area contributed by atoms with Crippen molar-refractivity contribution >= 4 is 5.97 Å². The molecule has 2 aliphatic rings. The SMILES string of the molecule is COc1cc([C@@H]2Oc3ccc(CCCOC(C)=O)cc3[C@H]2CO)ccc1O[C@@H]1O[C@H](CO)[C@@H](O)[C@H](O)[C@H]1O. The molecule has 0 bridgehead atoms. The molecule has 0 radical (unpaired) electrons. The van der Waals surface area contributed by atoms with Crippen molar-refractivity contribution in [2.45, 2.75) is 62.5 Å². The van der Waals surface area contributed by atoms with E-state index in [9.17, 15) is 30.3 Å². The van der Waals surface area contributed by atoms with Gasteiger partial charge in [-0.25, -0.2) is 0 Å². The summed E-state index contributed by atoms with van der Waals surface area (Å²) in [5, 5.41) is 50.0. The molecule has 2 heterocycles. The summed E-state index contributed by atoms with van der Waals surface area (Å²) in [4.78, 5) is 11.0. The number of rotatable bonds is 10. The van der Waals surface area contributed by atoms with Gasteiger partial charge in [0.05, 0.1) is 32.8 Å². The molecule has 2 aliphatic heterocycles. The van der Waals surface area contributed by atoms with E-state index in [4.69, 9.17) is 23.7 Å². The first-order valence-corrected chi connectivity index (χ1v) is 12.5. The van der Waals surface area contributed by atoms with E-state index in [2.05, 4.69) is 0 Å². The largest absolute Gasteiger partial charge is 0.493 e. The zero-order chi connectivity index (χ0) is 27.4. The minimum atomic E-state index is -1.57. The van der Waals surface area contributed by atoms with Gasteiger partial charge in [-0.05, 0) is 42.2 Å². The predicted octanol–water partition coefficient (Wildman–Crippen LogP) is 0.579. The average molecular weight is 535 g/mol. The van der Waals surface area contributed by atoms with Crippen LogP contribution in [0.2, 0.25) is 0 Å². The van der Waals surface area contributed by atoms with Crippen molar-refractivity contribution in [3.05, 3.63) is 53.1 Å². The molecule has 1 fully saturated rings. The zero-order valence-electron chi connectivity index (χ0n) is 21.2. The Bertz CT molecular complexity index is 1100. The molecule has 0 unspecified atom stereocenters. The monoisotopic (exact) mass is 534 g/mol. The van der Waals surface area contributed by atoms with Crippen LogP contribution in [0, 0.1) is 0 Å². The van der Waals surface area contributed by atoms with Gasteiger partial charge in [0.15, 0.2) is 11.5 Å². The highest BCUT2D eigenvalue weighted by atomic mass is 16.7. The molecule has 0 aromatic heterocycles. The summed E-state index contributed by atoms with van der Waals surface area (Å²) >= 11 is 0. The van der Waals surface area contributed by atoms with E-state index >= 15 is 0 Å². The number of esters is 1. The van der Waals surface area contributed by atoms with Crippen LogP contribution in [0.4, 0.5) is 0 Å². The first-order valence-electron chi connectivity index (χ1n) is 12.5. The highest BCUT2D eigenvalue weighted by Crippen LogP contribution is 2.47.